The van der Waals surface area contributed by atoms with E-state index < -0.39 is 0 Å². The molecular weight excluding hydrogens is 388 g/mol. The third-order valence-electron chi connectivity index (χ3n) is 5.60. The first kappa shape index (κ1) is 20.5. The number of carbonyl (C=O) groups is 3. The highest BCUT2D eigenvalue weighted by molar-refractivity contribution is 6.21. The van der Waals surface area contributed by atoms with Gasteiger partial charge in [-0.1, -0.05) is 66.7 Å². The van der Waals surface area contributed by atoms with Crippen LogP contribution in [0.15, 0.2) is 78.9 Å². The number of imide groups is 1. The Labute approximate surface area is 181 Å². The van der Waals surface area contributed by atoms with Gasteiger partial charge in [0.2, 0.25) is 5.91 Å². The van der Waals surface area contributed by atoms with Gasteiger partial charge in [0.1, 0.15) is 0 Å². The van der Waals surface area contributed by atoms with Crippen molar-refractivity contribution in [3.8, 4) is 0 Å². The molecule has 4 rings (SSSR count). The number of aryl methyl sites for hydroxylation is 1. The topological polar surface area (TPSA) is 66.5 Å². The van der Waals surface area contributed by atoms with Gasteiger partial charge >= 0.3 is 0 Å². The van der Waals surface area contributed by atoms with Crippen molar-refractivity contribution in [3.05, 3.63) is 107 Å². The quantitative estimate of drug-likeness (QED) is 0.589. The van der Waals surface area contributed by atoms with Gasteiger partial charge in [-0.15, -0.1) is 0 Å². The highest BCUT2D eigenvalue weighted by Crippen LogP contribution is 2.25. The zero-order chi connectivity index (χ0) is 21.8. The Morgan fingerprint density at radius 2 is 1.42 bits per heavy atom. The number of nitrogens with one attached hydrogen (secondary N) is 1. The van der Waals surface area contributed by atoms with Gasteiger partial charge in [-0.3, -0.25) is 19.3 Å². The second kappa shape index (κ2) is 8.96. The fourth-order valence-electron chi connectivity index (χ4n) is 3.97. The van der Waals surface area contributed by atoms with Crippen molar-refractivity contribution < 1.29 is 14.4 Å². The molecule has 0 saturated heterocycles. The number of carbonyl (C=O) groups excluding carboxylic acids is 3. The molecule has 0 saturated carbocycles. The van der Waals surface area contributed by atoms with Crippen LogP contribution in [0.25, 0.3) is 0 Å². The second-order valence-electron chi connectivity index (χ2n) is 7.68. The Bertz CT molecular complexity index is 1090. The third kappa shape index (κ3) is 4.26. The zero-order valence-corrected chi connectivity index (χ0v) is 17.4. The van der Waals surface area contributed by atoms with E-state index in [1.54, 1.807) is 24.3 Å². The average Bonchev–Trinajstić information content (AvgIpc) is 3.04. The predicted molar refractivity (Wildman–Crippen MR) is 119 cm³/mol. The van der Waals surface area contributed by atoms with E-state index in [0.717, 1.165) is 16.7 Å². The highest BCUT2D eigenvalue weighted by Gasteiger charge is 2.34. The summed E-state index contributed by atoms with van der Waals surface area (Å²) in [5.74, 6) is -0.695. The van der Waals surface area contributed by atoms with Gasteiger partial charge in [-0.2, -0.15) is 0 Å². The molecule has 0 spiro atoms. The van der Waals surface area contributed by atoms with E-state index in [4.69, 9.17) is 0 Å². The van der Waals surface area contributed by atoms with E-state index in [2.05, 4.69) is 5.32 Å². The van der Waals surface area contributed by atoms with Gasteiger partial charge in [-0.25, -0.2) is 0 Å². The highest BCUT2D eigenvalue weighted by atomic mass is 16.2. The SMILES string of the molecule is Cc1ccccc1[C@H](NC(=O)CCCN1C(=O)c2ccccc2C1=O)c1ccccc1. The molecule has 1 N–H and O–H groups in total. The molecule has 0 bridgehead atoms. The van der Waals surface area contributed by atoms with Crippen molar-refractivity contribution in [1.82, 2.24) is 10.2 Å². The summed E-state index contributed by atoms with van der Waals surface area (Å²) >= 11 is 0. The van der Waals surface area contributed by atoms with Crippen LogP contribution in [0.5, 0.6) is 0 Å². The molecule has 1 heterocycles. The number of benzene rings is 3. The molecule has 156 valence electrons. The number of amides is 3. The minimum absolute atomic E-state index is 0.117. The predicted octanol–water partition coefficient (Wildman–Crippen LogP) is 4.28. The molecule has 3 aromatic rings. The van der Waals surface area contributed by atoms with E-state index in [-0.39, 0.29) is 36.7 Å². The number of hydrogen-bond donors (Lipinski definition) is 1. The lowest BCUT2D eigenvalue weighted by Gasteiger charge is -2.22. The summed E-state index contributed by atoms with van der Waals surface area (Å²) in [6, 6.07) is 24.4. The van der Waals surface area contributed by atoms with Crippen LogP contribution in [-0.4, -0.2) is 29.2 Å². The van der Waals surface area contributed by atoms with Crippen LogP contribution in [0.2, 0.25) is 0 Å². The number of rotatable bonds is 7. The monoisotopic (exact) mass is 412 g/mol. The maximum Gasteiger partial charge on any atom is 0.261 e. The molecule has 0 aromatic heterocycles. The van der Waals surface area contributed by atoms with Crippen molar-refractivity contribution in [3.63, 3.8) is 0 Å². The van der Waals surface area contributed by atoms with Gasteiger partial charge in [-0.05, 0) is 42.2 Å². The molecule has 0 radical (unpaired) electrons. The molecule has 0 unspecified atom stereocenters. The summed E-state index contributed by atoms with van der Waals surface area (Å²) in [6.45, 7) is 2.25. The van der Waals surface area contributed by atoms with Gasteiger partial charge in [0, 0.05) is 13.0 Å². The van der Waals surface area contributed by atoms with Crippen LogP contribution < -0.4 is 5.32 Å². The molecule has 0 fully saturated rings. The average molecular weight is 412 g/mol. The minimum atomic E-state index is -0.289. The molecular formula is C26H24N2O3. The third-order valence-corrected chi connectivity index (χ3v) is 5.60. The molecule has 1 aliphatic heterocycles. The normalized spacial score (nSPS) is 13.8. The number of hydrogen-bond acceptors (Lipinski definition) is 3. The maximum atomic E-state index is 12.8. The Kier molecular flexibility index (Phi) is 5.94. The Balaban J connectivity index is 1.41. The lowest BCUT2D eigenvalue weighted by Crippen LogP contribution is -2.33. The van der Waals surface area contributed by atoms with E-state index >= 15 is 0 Å². The van der Waals surface area contributed by atoms with Gasteiger partial charge < -0.3 is 5.32 Å². The fourth-order valence-corrected chi connectivity index (χ4v) is 3.97. The Morgan fingerprint density at radius 3 is 2.06 bits per heavy atom. The molecule has 3 amide bonds. The van der Waals surface area contributed by atoms with Gasteiger partial charge in [0.25, 0.3) is 11.8 Å². The summed E-state index contributed by atoms with van der Waals surface area (Å²) in [6.07, 6.45) is 0.634. The zero-order valence-electron chi connectivity index (χ0n) is 17.4. The minimum Gasteiger partial charge on any atom is -0.345 e. The summed E-state index contributed by atoms with van der Waals surface area (Å²) in [7, 11) is 0. The first-order chi connectivity index (χ1) is 15.1. The summed E-state index contributed by atoms with van der Waals surface area (Å²) in [5.41, 5.74) is 4.01. The van der Waals surface area contributed by atoms with Crippen molar-refractivity contribution >= 4 is 17.7 Å². The first-order valence-corrected chi connectivity index (χ1v) is 10.4. The van der Waals surface area contributed by atoms with Crippen molar-refractivity contribution in [2.75, 3.05) is 6.54 Å². The smallest absolute Gasteiger partial charge is 0.261 e. The van der Waals surface area contributed by atoms with Crippen LogP contribution in [0.4, 0.5) is 0 Å². The van der Waals surface area contributed by atoms with E-state index in [0.29, 0.717) is 17.5 Å². The first-order valence-electron chi connectivity index (χ1n) is 10.4. The largest absolute Gasteiger partial charge is 0.345 e. The Hall–Kier alpha value is -3.73. The molecule has 5 heteroatoms. The van der Waals surface area contributed by atoms with E-state index in [9.17, 15) is 14.4 Å². The molecule has 5 nitrogen and oxygen atoms in total. The number of nitrogens with zero attached hydrogens (tertiary/aromatic N) is 1. The van der Waals surface area contributed by atoms with E-state index in [1.165, 1.54) is 4.90 Å². The van der Waals surface area contributed by atoms with Crippen molar-refractivity contribution in [2.45, 2.75) is 25.8 Å². The molecule has 3 aromatic carbocycles. The summed E-state index contributed by atoms with van der Waals surface area (Å²) in [5, 5.41) is 3.13. The van der Waals surface area contributed by atoms with Crippen LogP contribution in [-0.2, 0) is 4.79 Å². The lowest BCUT2D eigenvalue weighted by atomic mass is 9.95. The summed E-state index contributed by atoms with van der Waals surface area (Å²) in [4.78, 5) is 38.9. The second-order valence-corrected chi connectivity index (χ2v) is 7.68. The lowest BCUT2D eigenvalue weighted by molar-refractivity contribution is -0.121. The number of fused-ring (bicyclic) bond motifs is 1. The Morgan fingerprint density at radius 1 is 0.839 bits per heavy atom. The van der Waals surface area contributed by atoms with Crippen LogP contribution in [0, 0.1) is 6.92 Å². The molecule has 0 aliphatic carbocycles. The van der Waals surface area contributed by atoms with Crippen LogP contribution in [0.3, 0.4) is 0 Å². The van der Waals surface area contributed by atoms with Crippen molar-refractivity contribution in [1.29, 1.82) is 0 Å². The van der Waals surface area contributed by atoms with E-state index in [1.807, 2.05) is 61.5 Å². The standard InChI is InChI=1S/C26H24N2O3/c1-18-10-5-6-13-20(18)24(19-11-3-2-4-12-19)27-23(29)16-9-17-28-25(30)21-14-7-8-15-22(21)26(28)31/h2-8,10-15,24H,9,16-17H2,1H3,(H,27,29)/t24-/m1/s1. The van der Waals surface area contributed by atoms with Gasteiger partial charge in [0.15, 0.2) is 0 Å². The van der Waals surface area contributed by atoms with Crippen LogP contribution >= 0.6 is 0 Å². The summed E-state index contributed by atoms with van der Waals surface area (Å²) < 4.78 is 0. The molecule has 1 aliphatic rings. The maximum absolute atomic E-state index is 12.8. The van der Waals surface area contributed by atoms with Gasteiger partial charge in [0.05, 0.1) is 17.2 Å². The molecule has 31 heavy (non-hydrogen) atoms. The molecule has 1 atom stereocenters. The van der Waals surface area contributed by atoms with Crippen molar-refractivity contribution in [2.24, 2.45) is 0 Å². The fraction of sp³-hybridized carbons (Fsp3) is 0.192. The van der Waals surface area contributed by atoms with Crippen LogP contribution in [0.1, 0.15) is 56.3 Å².